The fourth-order valence-corrected chi connectivity index (χ4v) is 2.53. The zero-order valence-electron chi connectivity index (χ0n) is 11.4. The molecule has 2 aromatic heterocycles. The second-order valence-corrected chi connectivity index (χ2v) is 4.97. The summed E-state index contributed by atoms with van der Waals surface area (Å²) in [5.74, 6) is -1.65. The van der Waals surface area contributed by atoms with Crippen LogP contribution in [0.4, 0.5) is 4.79 Å². The molecule has 3 amide bonds. The van der Waals surface area contributed by atoms with Crippen LogP contribution in [0.1, 0.15) is 18.7 Å². The summed E-state index contributed by atoms with van der Waals surface area (Å²) in [4.78, 5) is 37.6. The number of tetrazole rings is 1. The van der Waals surface area contributed by atoms with Gasteiger partial charge >= 0.3 is 11.8 Å². The van der Waals surface area contributed by atoms with Gasteiger partial charge < -0.3 is 4.90 Å². The Morgan fingerprint density at radius 1 is 1.36 bits per heavy atom. The number of piperazine rings is 1. The third-order valence-corrected chi connectivity index (χ3v) is 3.67. The summed E-state index contributed by atoms with van der Waals surface area (Å²) in [5.41, 5.74) is 0.925. The zero-order chi connectivity index (χ0) is 15.9. The molecule has 3 heterocycles. The summed E-state index contributed by atoms with van der Waals surface area (Å²) in [5, 5.41) is 14.4. The van der Waals surface area contributed by atoms with Gasteiger partial charge in [-0.2, -0.15) is 0 Å². The molecule has 2 aromatic rings. The second kappa shape index (κ2) is 5.33. The van der Waals surface area contributed by atoms with Crippen molar-refractivity contribution in [3.8, 4) is 0 Å². The van der Waals surface area contributed by atoms with Crippen LogP contribution < -0.4 is 0 Å². The largest absolute Gasteiger partial charge is 0.324 e. The number of likely N-dealkylation sites (N-methyl/N-ethyl adjacent to an activating group) is 1. The van der Waals surface area contributed by atoms with E-state index in [1.165, 1.54) is 9.53 Å². The summed E-state index contributed by atoms with van der Waals surface area (Å²) >= 11 is 3.64. The molecule has 0 N–H and O–H groups in total. The first-order valence-electron chi connectivity index (χ1n) is 6.43. The molecule has 1 aliphatic heterocycles. The molecule has 1 saturated heterocycles. The minimum Gasteiger partial charge on any atom is -0.324 e. The highest BCUT2D eigenvalue weighted by molar-refractivity contribution is 7.96. The second-order valence-electron chi connectivity index (χ2n) is 4.59. The van der Waals surface area contributed by atoms with Crippen molar-refractivity contribution in [3.05, 3.63) is 17.8 Å². The lowest BCUT2D eigenvalue weighted by atomic mass is 10.1. The minimum atomic E-state index is -0.887. The van der Waals surface area contributed by atoms with E-state index in [1.807, 2.05) is 0 Å². The molecule has 3 rings (SSSR count). The molecule has 1 aliphatic rings. The van der Waals surface area contributed by atoms with Crippen molar-refractivity contribution >= 4 is 35.3 Å². The molecule has 0 radical (unpaired) electrons. The summed E-state index contributed by atoms with van der Waals surface area (Å²) in [6.45, 7) is 2.03. The lowest BCUT2D eigenvalue weighted by molar-refractivity contribution is -0.156. The molecule has 0 spiro atoms. The van der Waals surface area contributed by atoms with Crippen molar-refractivity contribution in [1.82, 2.24) is 35.1 Å². The first-order chi connectivity index (χ1) is 10.5. The third-order valence-electron chi connectivity index (χ3n) is 3.42. The number of hydrogen-bond acceptors (Lipinski definition) is 7. The maximum absolute atomic E-state index is 12.1. The van der Waals surface area contributed by atoms with E-state index < -0.39 is 23.1 Å². The van der Waals surface area contributed by atoms with E-state index in [1.54, 1.807) is 19.1 Å². The SMILES string of the molecule is CCN1C(=O)C(=O)N(C(=O)S)CC1c1ccc2nnnn2n1. The lowest BCUT2D eigenvalue weighted by Crippen LogP contribution is -2.56. The Morgan fingerprint density at radius 2 is 2.14 bits per heavy atom. The lowest BCUT2D eigenvalue weighted by Gasteiger charge is -2.37. The van der Waals surface area contributed by atoms with Crippen LogP contribution in [0.15, 0.2) is 12.1 Å². The fraction of sp³-hybridized carbons (Fsp3) is 0.364. The van der Waals surface area contributed by atoms with Crippen LogP contribution in [0, 0.1) is 0 Å². The Bertz CT molecular complexity index is 776. The van der Waals surface area contributed by atoms with Crippen LogP contribution in [-0.2, 0) is 9.59 Å². The summed E-state index contributed by atoms with van der Waals surface area (Å²) in [7, 11) is 0. The molecule has 114 valence electrons. The van der Waals surface area contributed by atoms with Gasteiger partial charge in [0, 0.05) is 6.54 Å². The first kappa shape index (κ1) is 14.4. The van der Waals surface area contributed by atoms with Gasteiger partial charge in [0.2, 0.25) is 0 Å². The van der Waals surface area contributed by atoms with Gasteiger partial charge in [0.1, 0.15) is 0 Å². The van der Waals surface area contributed by atoms with Gasteiger partial charge in [-0.1, -0.05) is 12.6 Å². The number of aromatic nitrogens is 5. The Hall–Kier alpha value is -2.56. The minimum absolute atomic E-state index is 0.0125. The Morgan fingerprint density at radius 3 is 2.82 bits per heavy atom. The van der Waals surface area contributed by atoms with Gasteiger partial charge in [-0.15, -0.1) is 14.8 Å². The predicted octanol–water partition coefficient (Wildman–Crippen LogP) is -0.699. The molecule has 1 atom stereocenters. The average Bonchev–Trinajstić information content (AvgIpc) is 2.96. The summed E-state index contributed by atoms with van der Waals surface area (Å²) in [6, 6.07) is 2.73. The van der Waals surface area contributed by atoms with Crippen molar-refractivity contribution in [2.45, 2.75) is 13.0 Å². The van der Waals surface area contributed by atoms with E-state index in [-0.39, 0.29) is 6.54 Å². The maximum atomic E-state index is 12.1. The number of hydrogen-bond donors (Lipinski definition) is 1. The van der Waals surface area contributed by atoms with E-state index in [4.69, 9.17) is 0 Å². The van der Waals surface area contributed by atoms with Gasteiger partial charge in [-0.3, -0.25) is 19.3 Å². The molecule has 1 fully saturated rings. The summed E-state index contributed by atoms with van der Waals surface area (Å²) in [6.07, 6.45) is 0. The van der Waals surface area contributed by atoms with Gasteiger partial charge in [-0.25, -0.2) is 0 Å². The predicted molar refractivity (Wildman–Crippen MR) is 74.8 cm³/mol. The van der Waals surface area contributed by atoms with Crippen molar-refractivity contribution in [1.29, 1.82) is 0 Å². The first-order valence-corrected chi connectivity index (χ1v) is 6.88. The van der Waals surface area contributed by atoms with Gasteiger partial charge in [-0.05, 0) is 29.5 Å². The molecule has 0 saturated carbocycles. The van der Waals surface area contributed by atoms with E-state index >= 15 is 0 Å². The number of fused-ring (bicyclic) bond motifs is 1. The summed E-state index contributed by atoms with van der Waals surface area (Å²) < 4.78 is 1.22. The Balaban J connectivity index is 2.03. The van der Waals surface area contributed by atoms with Gasteiger partial charge in [0.25, 0.3) is 5.24 Å². The number of carbonyl (C=O) groups is 3. The van der Waals surface area contributed by atoms with Crippen LogP contribution in [0.3, 0.4) is 0 Å². The highest BCUT2D eigenvalue weighted by Gasteiger charge is 2.41. The molecule has 11 heteroatoms. The number of carbonyl (C=O) groups excluding carboxylic acids is 3. The number of nitrogens with zero attached hydrogens (tertiary/aromatic N) is 7. The van der Waals surface area contributed by atoms with Crippen molar-refractivity contribution in [2.24, 2.45) is 0 Å². The fourth-order valence-electron chi connectivity index (χ4n) is 2.36. The average molecular weight is 321 g/mol. The number of rotatable bonds is 2. The topological polar surface area (TPSA) is 114 Å². The Kier molecular flexibility index (Phi) is 3.48. The molecule has 22 heavy (non-hydrogen) atoms. The zero-order valence-corrected chi connectivity index (χ0v) is 12.3. The molecule has 0 aromatic carbocycles. The van der Waals surface area contributed by atoms with E-state index in [9.17, 15) is 14.4 Å². The van der Waals surface area contributed by atoms with Crippen LogP contribution in [0.5, 0.6) is 0 Å². The van der Waals surface area contributed by atoms with E-state index in [2.05, 4.69) is 33.3 Å². The smallest absolute Gasteiger partial charge is 0.319 e. The molecular weight excluding hydrogens is 310 g/mol. The van der Waals surface area contributed by atoms with E-state index in [0.29, 0.717) is 17.9 Å². The molecule has 10 nitrogen and oxygen atoms in total. The quantitative estimate of drug-likeness (QED) is 0.574. The van der Waals surface area contributed by atoms with Gasteiger partial charge in [0.05, 0.1) is 18.3 Å². The molecule has 1 unspecified atom stereocenters. The third kappa shape index (κ3) is 2.19. The standard InChI is InChI=1S/C11H11N7O3S/c1-2-16-7(5-17(11(21)22)10(20)9(16)19)6-3-4-8-12-14-15-18(8)13-6/h3-4,7H,2,5H2,1H3,(H,21,22). The Labute approximate surface area is 129 Å². The number of amides is 3. The number of imide groups is 1. The molecular formula is C11H11N7O3S. The number of thiol groups is 1. The van der Waals surface area contributed by atoms with Crippen molar-refractivity contribution in [2.75, 3.05) is 13.1 Å². The van der Waals surface area contributed by atoms with Crippen molar-refractivity contribution in [3.63, 3.8) is 0 Å². The normalized spacial score (nSPS) is 19.1. The van der Waals surface area contributed by atoms with Gasteiger partial charge in [0.15, 0.2) is 5.65 Å². The highest BCUT2D eigenvalue weighted by atomic mass is 32.1. The maximum Gasteiger partial charge on any atom is 0.319 e. The van der Waals surface area contributed by atoms with Crippen LogP contribution in [0.2, 0.25) is 0 Å². The van der Waals surface area contributed by atoms with Crippen LogP contribution in [0.25, 0.3) is 5.65 Å². The van der Waals surface area contributed by atoms with Crippen LogP contribution in [-0.4, -0.2) is 65.2 Å². The molecule has 0 bridgehead atoms. The van der Waals surface area contributed by atoms with Crippen LogP contribution >= 0.6 is 12.6 Å². The monoisotopic (exact) mass is 321 g/mol. The molecule has 0 aliphatic carbocycles. The van der Waals surface area contributed by atoms with E-state index in [0.717, 1.165) is 4.90 Å². The van der Waals surface area contributed by atoms with Crippen molar-refractivity contribution < 1.29 is 14.4 Å². The highest BCUT2D eigenvalue weighted by Crippen LogP contribution is 2.25.